The van der Waals surface area contributed by atoms with E-state index in [0.717, 1.165) is 35.0 Å². The molecule has 1 unspecified atom stereocenters. The molecule has 1 aromatic carbocycles. The van der Waals surface area contributed by atoms with Crippen LogP contribution < -0.4 is 10.9 Å². The summed E-state index contributed by atoms with van der Waals surface area (Å²) >= 11 is 0. The SMILES string of the molecule is N#CCC1(n2ncc(-c3cc(C4CCNN4)cc4ncccc34)n2)CN(CC(F)(F)F)C1. The van der Waals surface area contributed by atoms with Crippen LogP contribution in [0.25, 0.3) is 22.2 Å². The number of aromatic nitrogens is 4. The number of benzene rings is 1. The number of nitrogens with one attached hydrogen (secondary N) is 2. The molecule has 32 heavy (non-hydrogen) atoms. The van der Waals surface area contributed by atoms with E-state index in [1.54, 1.807) is 12.4 Å². The first-order valence-electron chi connectivity index (χ1n) is 10.3. The molecule has 0 spiro atoms. The Morgan fingerprint density at radius 1 is 1.28 bits per heavy atom. The first-order valence-corrected chi connectivity index (χ1v) is 10.3. The van der Waals surface area contributed by atoms with Gasteiger partial charge in [0.05, 0.1) is 30.7 Å². The third-order valence-electron chi connectivity index (χ3n) is 6.02. The number of halogens is 3. The molecular weight excluding hydrogens is 421 g/mol. The molecule has 2 aliphatic heterocycles. The largest absolute Gasteiger partial charge is 0.401 e. The topological polar surface area (TPSA) is 94.7 Å². The van der Waals surface area contributed by atoms with Crippen LogP contribution in [0, 0.1) is 11.3 Å². The standard InChI is InChI=1S/C21H21F3N8/c22-21(23,24)13-31-11-20(12-31,4-5-25)32-28-10-19(30-32)16-8-14(17-3-7-27-29-17)9-18-15(16)2-1-6-26-18/h1-2,6,8-10,17,27,29H,3-4,7,11-13H2. The summed E-state index contributed by atoms with van der Waals surface area (Å²) in [6.07, 6.45) is 0.0350. The van der Waals surface area contributed by atoms with Crippen molar-refractivity contribution in [3.05, 3.63) is 42.2 Å². The Hall–Kier alpha value is -3.07. The van der Waals surface area contributed by atoms with Crippen LogP contribution in [0.1, 0.15) is 24.4 Å². The maximum Gasteiger partial charge on any atom is 0.401 e. The number of likely N-dealkylation sites (tertiary alicyclic amines) is 1. The fourth-order valence-corrected chi connectivity index (χ4v) is 4.57. The normalized spacial score (nSPS) is 20.9. The molecule has 2 aromatic heterocycles. The highest BCUT2D eigenvalue weighted by atomic mass is 19.4. The summed E-state index contributed by atoms with van der Waals surface area (Å²) < 4.78 is 38.2. The van der Waals surface area contributed by atoms with Gasteiger partial charge in [0.15, 0.2) is 0 Å². The number of nitriles is 1. The quantitative estimate of drug-likeness (QED) is 0.627. The van der Waals surface area contributed by atoms with Crippen LogP contribution in [0.15, 0.2) is 36.7 Å². The summed E-state index contributed by atoms with van der Waals surface area (Å²) in [5.41, 5.74) is 8.87. The molecule has 2 N–H and O–H groups in total. The molecule has 0 bridgehead atoms. The van der Waals surface area contributed by atoms with Gasteiger partial charge in [-0.2, -0.15) is 33.4 Å². The predicted octanol–water partition coefficient (Wildman–Crippen LogP) is 2.52. The average molecular weight is 442 g/mol. The molecule has 0 aliphatic carbocycles. The van der Waals surface area contributed by atoms with Gasteiger partial charge in [-0.25, -0.2) is 0 Å². The molecule has 166 valence electrons. The van der Waals surface area contributed by atoms with E-state index in [2.05, 4.69) is 38.2 Å². The Balaban J connectivity index is 1.49. The lowest BCUT2D eigenvalue weighted by molar-refractivity contribution is -0.168. The van der Waals surface area contributed by atoms with Crippen LogP contribution in [0.5, 0.6) is 0 Å². The minimum atomic E-state index is -4.28. The Morgan fingerprint density at radius 3 is 2.84 bits per heavy atom. The highest BCUT2D eigenvalue weighted by Crippen LogP contribution is 2.36. The molecule has 2 fully saturated rings. The van der Waals surface area contributed by atoms with E-state index >= 15 is 0 Å². The van der Waals surface area contributed by atoms with Crippen molar-refractivity contribution in [2.45, 2.75) is 30.6 Å². The van der Waals surface area contributed by atoms with Gasteiger partial charge < -0.3 is 0 Å². The molecule has 0 amide bonds. The van der Waals surface area contributed by atoms with Crippen molar-refractivity contribution in [3.63, 3.8) is 0 Å². The molecule has 8 nitrogen and oxygen atoms in total. The summed E-state index contributed by atoms with van der Waals surface area (Å²) in [6, 6.07) is 10.1. The second-order valence-corrected chi connectivity index (χ2v) is 8.39. The number of alkyl halides is 3. The van der Waals surface area contributed by atoms with Crippen molar-refractivity contribution in [1.82, 2.24) is 35.7 Å². The molecule has 2 saturated heterocycles. The zero-order valence-corrected chi connectivity index (χ0v) is 17.1. The smallest absolute Gasteiger partial charge is 0.290 e. The highest BCUT2D eigenvalue weighted by Gasteiger charge is 2.49. The minimum Gasteiger partial charge on any atom is -0.290 e. The zero-order chi connectivity index (χ0) is 22.3. The summed E-state index contributed by atoms with van der Waals surface area (Å²) in [6.45, 7) is 0.0129. The number of hydrazine groups is 1. The van der Waals surface area contributed by atoms with E-state index in [-0.39, 0.29) is 25.6 Å². The highest BCUT2D eigenvalue weighted by molar-refractivity contribution is 5.94. The van der Waals surface area contributed by atoms with Crippen LogP contribution in [-0.4, -0.2) is 57.2 Å². The molecule has 0 saturated carbocycles. The molecule has 1 atom stereocenters. The lowest BCUT2D eigenvalue weighted by Crippen LogP contribution is -2.64. The van der Waals surface area contributed by atoms with Gasteiger partial charge in [0.2, 0.25) is 0 Å². The molecular formula is C21H21F3N8. The van der Waals surface area contributed by atoms with Crippen LogP contribution in [-0.2, 0) is 5.54 Å². The van der Waals surface area contributed by atoms with Crippen LogP contribution in [0.2, 0.25) is 0 Å². The van der Waals surface area contributed by atoms with Crippen LogP contribution in [0.3, 0.4) is 0 Å². The minimum absolute atomic E-state index is 0.0372. The fraction of sp³-hybridized carbons (Fsp3) is 0.429. The number of fused-ring (bicyclic) bond motifs is 1. The third-order valence-corrected chi connectivity index (χ3v) is 6.02. The van der Waals surface area contributed by atoms with Crippen molar-refractivity contribution in [2.75, 3.05) is 26.2 Å². The summed E-state index contributed by atoms with van der Waals surface area (Å²) in [5, 5.41) is 19.2. The van der Waals surface area contributed by atoms with Crippen molar-refractivity contribution in [2.24, 2.45) is 0 Å². The second-order valence-electron chi connectivity index (χ2n) is 8.39. The molecule has 4 heterocycles. The molecule has 3 aromatic rings. The monoisotopic (exact) mass is 442 g/mol. The number of hydrogen-bond acceptors (Lipinski definition) is 7. The van der Waals surface area contributed by atoms with Crippen molar-refractivity contribution < 1.29 is 13.2 Å². The lowest BCUT2D eigenvalue weighted by atomic mass is 9.87. The summed E-state index contributed by atoms with van der Waals surface area (Å²) in [5.74, 6) is 0. The molecule has 0 radical (unpaired) electrons. The average Bonchev–Trinajstić information content (AvgIpc) is 3.43. The zero-order valence-electron chi connectivity index (χ0n) is 17.1. The maximum absolute atomic E-state index is 12.7. The van der Waals surface area contributed by atoms with Gasteiger partial charge in [0.25, 0.3) is 0 Å². The third kappa shape index (κ3) is 3.81. The van der Waals surface area contributed by atoms with E-state index in [0.29, 0.717) is 5.69 Å². The fourth-order valence-electron chi connectivity index (χ4n) is 4.57. The van der Waals surface area contributed by atoms with Gasteiger partial charge in [-0.3, -0.25) is 20.7 Å². The van der Waals surface area contributed by atoms with Crippen molar-refractivity contribution >= 4 is 10.9 Å². The van der Waals surface area contributed by atoms with E-state index in [1.807, 2.05) is 18.2 Å². The summed E-state index contributed by atoms with van der Waals surface area (Å²) in [4.78, 5) is 7.18. The first-order chi connectivity index (χ1) is 15.4. The van der Waals surface area contributed by atoms with Gasteiger partial charge in [-0.05, 0) is 30.2 Å². The molecule has 2 aliphatic rings. The van der Waals surface area contributed by atoms with Gasteiger partial charge in [-0.15, -0.1) is 0 Å². The lowest BCUT2D eigenvalue weighted by Gasteiger charge is -2.48. The Bertz CT molecular complexity index is 1170. The summed E-state index contributed by atoms with van der Waals surface area (Å²) in [7, 11) is 0. The van der Waals surface area contributed by atoms with E-state index in [4.69, 9.17) is 0 Å². The maximum atomic E-state index is 12.7. The van der Waals surface area contributed by atoms with E-state index in [9.17, 15) is 18.4 Å². The van der Waals surface area contributed by atoms with E-state index in [1.165, 1.54) is 9.70 Å². The van der Waals surface area contributed by atoms with Crippen molar-refractivity contribution in [3.8, 4) is 17.3 Å². The molecule has 5 rings (SSSR count). The Labute approximate surface area is 182 Å². The van der Waals surface area contributed by atoms with E-state index < -0.39 is 18.3 Å². The van der Waals surface area contributed by atoms with Gasteiger partial charge in [0.1, 0.15) is 11.2 Å². The number of pyridine rings is 1. The van der Waals surface area contributed by atoms with Gasteiger partial charge in [-0.1, -0.05) is 6.07 Å². The van der Waals surface area contributed by atoms with Crippen molar-refractivity contribution in [1.29, 1.82) is 5.26 Å². The molecule has 11 heteroatoms. The van der Waals surface area contributed by atoms with Gasteiger partial charge >= 0.3 is 6.18 Å². The Kier molecular flexibility index (Phi) is 5.08. The predicted molar refractivity (Wildman–Crippen MR) is 110 cm³/mol. The van der Waals surface area contributed by atoms with Crippen LogP contribution in [0.4, 0.5) is 13.2 Å². The van der Waals surface area contributed by atoms with Crippen LogP contribution >= 0.6 is 0 Å². The number of nitrogens with zero attached hydrogens (tertiary/aromatic N) is 6. The number of hydrogen-bond donors (Lipinski definition) is 2. The first kappa shape index (κ1) is 20.8. The van der Waals surface area contributed by atoms with Gasteiger partial charge in [0, 0.05) is 42.8 Å². The number of rotatable bonds is 5. The Morgan fingerprint density at radius 2 is 2.12 bits per heavy atom. The second kappa shape index (κ2) is 7.81.